The number of methoxy groups -OCH3 is 1. The molecule has 1 saturated carbocycles. The first kappa shape index (κ1) is 28.5. The van der Waals surface area contributed by atoms with E-state index in [1.165, 1.54) is 11.8 Å². The number of esters is 2. The number of ether oxygens (including phenoxy) is 2. The molecule has 0 bridgehead atoms. The smallest absolute Gasteiger partial charge is 0.309 e. The number of allylic oxidation sites excluding steroid dienone is 2. The van der Waals surface area contributed by atoms with Crippen LogP contribution in [0.4, 0.5) is 4.39 Å². The van der Waals surface area contributed by atoms with E-state index in [9.17, 15) is 14.4 Å². The van der Waals surface area contributed by atoms with Gasteiger partial charge in [-0.25, -0.2) is 4.39 Å². The standard InChI is InChI=1S/C31H36ClFN2O5/c1-3-4-17-40-30(38)20-11-9-19(10-12-20)27-22-14-13-21(29(37)39-2)18-25(22)35(34-27)28(36)26-23(7-5-8-24(26)32)31(33)15-6-16-31/h5,7-9,20-21H,3-4,6,10-18H2,1-2H3. The van der Waals surface area contributed by atoms with Crippen molar-refractivity contribution in [1.29, 1.82) is 0 Å². The average molecular weight is 571 g/mol. The van der Waals surface area contributed by atoms with Crippen molar-refractivity contribution in [3.05, 3.63) is 57.4 Å². The van der Waals surface area contributed by atoms with E-state index in [2.05, 4.69) is 6.92 Å². The molecule has 3 aliphatic carbocycles. The Balaban J connectivity index is 1.50. The first-order chi connectivity index (χ1) is 19.3. The maximum atomic E-state index is 15.7. The molecule has 0 amide bonds. The normalized spacial score (nSPS) is 21.6. The van der Waals surface area contributed by atoms with Crippen molar-refractivity contribution in [2.45, 2.75) is 83.2 Å². The predicted molar refractivity (Wildman–Crippen MR) is 149 cm³/mol. The van der Waals surface area contributed by atoms with Gasteiger partial charge in [0.1, 0.15) is 5.67 Å². The highest BCUT2D eigenvalue weighted by Gasteiger charge is 2.43. The van der Waals surface area contributed by atoms with E-state index in [0.717, 1.165) is 30.4 Å². The summed E-state index contributed by atoms with van der Waals surface area (Å²) in [5.41, 5.74) is 2.05. The summed E-state index contributed by atoms with van der Waals surface area (Å²) in [5.74, 6) is -1.59. The van der Waals surface area contributed by atoms with Crippen molar-refractivity contribution in [1.82, 2.24) is 9.78 Å². The molecular weight excluding hydrogens is 535 g/mol. The number of hydrogen-bond acceptors (Lipinski definition) is 6. The van der Waals surface area contributed by atoms with Gasteiger partial charge in [-0.3, -0.25) is 14.4 Å². The number of nitrogens with zero attached hydrogens (tertiary/aromatic N) is 2. The topological polar surface area (TPSA) is 87.5 Å². The molecule has 0 radical (unpaired) electrons. The second kappa shape index (κ2) is 11.9. The van der Waals surface area contributed by atoms with Crippen LogP contribution in [-0.4, -0.2) is 41.3 Å². The largest absolute Gasteiger partial charge is 0.469 e. The molecule has 2 atom stereocenters. The molecule has 3 aliphatic rings. The molecule has 0 saturated heterocycles. The van der Waals surface area contributed by atoms with Crippen LogP contribution in [0.5, 0.6) is 0 Å². The van der Waals surface area contributed by atoms with E-state index in [1.54, 1.807) is 18.2 Å². The zero-order chi connectivity index (χ0) is 28.4. The van der Waals surface area contributed by atoms with Gasteiger partial charge in [0.2, 0.25) is 0 Å². The summed E-state index contributed by atoms with van der Waals surface area (Å²) in [5, 5.41) is 4.98. The molecule has 1 aromatic carbocycles. The third-order valence-corrected chi connectivity index (χ3v) is 8.96. The van der Waals surface area contributed by atoms with E-state index < -0.39 is 17.5 Å². The molecule has 0 spiro atoms. The van der Waals surface area contributed by atoms with Gasteiger partial charge in [-0.15, -0.1) is 0 Å². The van der Waals surface area contributed by atoms with Gasteiger partial charge in [-0.1, -0.05) is 43.2 Å². The van der Waals surface area contributed by atoms with E-state index in [4.69, 9.17) is 26.2 Å². The van der Waals surface area contributed by atoms with Crippen molar-refractivity contribution in [3.63, 3.8) is 0 Å². The van der Waals surface area contributed by atoms with Gasteiger partial charge < -0.3 is 9.47 Å². The number of hydrogen-bond donors (Lipinski definition) is 0. The van der Waals surface area contributed by atoms with E-state index in [0.29, 0.717) is 74.9 Å². The lowest BCUT2D eigenvalue weighted by atomic mass is 9.75. The minimum Gasteiger partial charge on any atom is -0.469 e. The van der Waals surface area contributed by atoms with Crippen molar-refractivity contribution >= 4 is 35.0 Å². The monoisotopic (exact) mass is 570 g/mol. The van der Waals surface area contributed by atoms with Crippen LogP contribution in [0.15, 0.2) is 24.3 Å². The molecule has 1 heterocycles. The van der Waals surface area contributed by atoms with E-state index >= 15 is 4.39 Å². The summed E-state index contributed by atoms with van der Waals surface area (Å²) in [7, 11) is 1.36. The van der Waals surface area contributed by atoms with Crippen molar-refractivity contribution in [3.8, 4) is 0 Å². The zero-order valence-corrected chi connectivity index (χ0v) is 23.9. The highest BCUT2D eigenvalue weighted by molar-refractivity contribution is 6.34. The first-order valence-electron chi connectivity index (χ1n) is 14.3. The van der Waals surface area contributed by atoms with Crippen molar-refractivity contribution in [2.75, 3.05) is 13.7 Å². The zero-order valence-electron chi connectivity index (χ0n) is 23.1. The van der Waals surface area contributed by atoms with Crippen LogP contribution in [0.3, 0.4) is 0 Å². The number of fused-ring (bicyclic) bond motifs is 1. The maximum absolute atomic E-state index is 15.7. The Hall–Kier alpha value is -3.00. The first-order valence-corrected chi connectivity index (χ1v) is 14.7. The summed E-state index contributed by atoms with van der Waals surface area (Å²) in [4.78, 5) is 39.1. The number of carbonyl (C=O) groups is 3. The molecule has 1 fully saturated rings. The van der Waals surface area contributed by atoms with E-state index in [1.807, 2.05) is 6.08 Å². The average Bonchev–Trinajstić information content (AvgIpc) is 3.34. The number of carbonyl (C=O) groups excluding carboxylic acids is 3. The van der Waals surface area contributed by atoms with Crippen LogP contribution in [-0.2, 0) is 37.6 Å². The van der Waals surface area contributed by atoms with Gasteiger partial charge in [0.05, 0.1) is 47.5 Å². The fourth-order valence-electron chi connectivity index (χ4n) is 6.08. The quantitative estimate of drug-likeness (QED) is 0.270. The summed E-state index contributed by atoms with van der Waals surface area (Å²) in [6, 6.07) is 4.90. The SMILES string of the molecule is CCCCOC(=O)C1CC=C(c2nn(C(=O)c3c(Cl)cccc3C3(F)CCC3)c3c2CCC(C(=O)OC)C3)CC1. The molecule has 40 heavy (non-hydrogen) atoms. The number of benzene rings is 1. The predicted octanol–water partition coefficient (Wildman–Crippen LogP) is 6.38. The fourth-order valence-corrected chi connectivity index (χ4v) is 6.34. The Bertz CT molecular complexity index is 1350. The lowest BCUT2D eigenvalue weighted by molar-refractivity contribution is -0.149. The number of halogens is 2. The minimum atomic E-state index is -1.59. The minimum absolute atomic E-state index is 0.121. The summed E-state index contributed by atoms with van der Waals surface area (Å²) < 4.78 is 27.4. The highest BCUT2D eigenvalue weighted by atomic mass is 35.5. The number of unbranched alkanes of at least 4 members (excludes halogenated alkanes) is 1. The lowest BCUT2D eigenvalue weighted by Gasteiger charge is -2.35. The Morgan fingerprint density at radius 2 is 1.93 bits per heavy atom. The van der Waals surface area contributed by atoms with Crippen LogP contribution in [0, 0.1) is 11.8 Å². The van der Waals surface area contributed by atoms with Gasteiger partial charge in [-0.05, 0) is 69.4 Å². The van der Waals surface area contributed by atoms with Gasteiger partial charge in [0.25, 0.3) is 5.91 Å². The molecule has 214 valence electrons. The highest BCUT2D eigenvalue weighted by Crippen LogP contribution is 2.47. The Morgan fingerprint density at radius 1 is 1.15 bits per heavy atom. The fraction of sp³-hybridized carbons (Fsp3) is 0.548. The number of aromatic nitrogens is 2. The van der Waals surface area contributed by atoms with Crippen LogP contribution in [0.25, 0.3) is 5.57 Å². The third kappa shape index (κ3) is 5.35. The van der Waals surface area contributed by atoms with Crippen LogP contribution >= 0.6 is 11.6 Å². The molecular formula is C31H36ClFN2O5. The molecule has 2 unspecified atom stereocenters. The maximum Gasteiger partial charge on any atom is 0.309 e. The van der Waals surface area contributed by atoms with Crippen molar-refractivity contribution < 1.29 is 28.2 Å². The summed E-state index contributed by atoms with van der Waals surface area (Å²) >= 11 is 6.53. The summed E-state index contributed by atoms with van der Waals surface area (Å²) in [6.07, 6.45) is 8.49. The molecule has 1 aromatic heterocycles. The molecule has 5 rings (SSSR count). The van der Waals surface area contributed by atoms with Crippen LogP contribution < -0.4 is 0 Å². The second-order valence-corrected chi connectivity index (χ2v) is 11.6. The van der Waals surface area contributed by atoms with Gasteiger partial charge >= 0.3 is 11.9 Å². The molecule has 9 heteroatoms. The number of alkyl halides is 1. The lowest BCUT2D eigenvalue weighted by Crippen LogP contribution is -2.33. The summed E-state index contributed by atoms with van der Waals surface area (Å²) in [6.45, 7) is 2.49. The second-order valence-electron chi connectivity index (χ2n) is 11.2. The number of rotatable bonds is 8. The molecule has 2 aromatic rings. The molecule has 7 nitrogen and oxygen atoms in total. The Kier molecular flexibility index (Phi) is 8.45. The van der Waals surface area contributed by atoms with Crippen LogP contribution in [0.1, 0.15) is 97.6 Å². The Morgan fingerprint density at radius 3 is 2.58 bits per heavy atom. The van der Waals surface area contributed by atoms with Crippen molar-refractivity contribution in [2.24, 2.45) is 11.8 Å². The van der Waals surface area contributed by atoms with Crippen LogP contribution in [0.2, 0.25) is 5.02 Å². The van der Waals surface area contributed by atoms with Gasteiger partial charge in [0.15, 0.2) is 0 Å². The Labute approximate surface area is 239 Å². The van der Waals surface area contributed by atoms with E-state index in [-0.39, 0.29) is 28.4 Å². The molecule has 0 N–H and O–H groups in total. The van der Waals surface area contributed by atoms with Gasteiger partial charge in [0, 0.05) is 17.5 Å². The third-order valence-electron chi connectivity index (χ3n) is 8.65. The van der Waals surface area contributed by atoms with Gasteiger partial charge in [-0.2, -0.15) is 9.78 Å². The molecule has 0 aliphatic heterocycles.